The Morgan fingerprint density at radius 3 is 2.75 bits per heavy atom. The molecule has 0 saturated carbocycles. The smallest absolute Gasteiger partial charge is 0.265 e. The minimum atomic E-state index is -0.525. The van der Waals surface area contributed by atoms with E-state index < -0.39 is 6.10 Å². The fraction of sp³-hybridized carbons (Fsp3) is 0.381. The summed E-state index contributed by atoms with van der Waals surface area (Å²) >= 11 is 0. The molecule has 1 atom stereocenters. The van der Waals surface area contributed by atoms with Crippen LogP contribution >= 0.6 is 0 Å². The van der Waals surface area contributed by atoms with Gasteiger partial charge in [0.15, 0.2) is 6.10 Å². The van der Waals surface area contributed by atoms with Crippen LogP contribution in [0.2, 0.25) is 0 Å². The summed E-state index contributed by atoms with van der Waals surface area (Å²) in [7, 11) is 0. The zero-order valence-corrected chi connectivity index (χ0v) is 14.5. The molecule has 0 aromatic heterocycles. The number of carbonyl (C=O) groups is 1. The number of anilines is 1. The number of rotatable bonds is 5. The van der Waals surface area contributed by atoms with Crippen LogP contribution in [0, 0.1) is 0 Å². The van der Waals surface area contributed by atoms with Crippen LogP contribution in [0.5, 0.6) is 5.75 Å². The molecule has 0 radical (unpaired) electrons. The Kier molecular flexibility index (Phi) is 5.19. The Morgan fingerprint density at radius 2 is 1.92 bits per heavy atom. The lowest BCUT2D eigenvalue weighted by Gasteiger charge is -2.22. The lowest BCUT2D eigenvalue weighted by molar-refractivity contribution is -0.122. The first kappa shape index (κ1) is 16.6. The van der Waals surface area contributed by atoms with Crippen molar-refractivity contribution in [1.82, 2.24) is 0 Å². The number of amides is 1. The number of hydrogen-bond acceptors (Lipinski definition) is 2. The Morgan fingerprint density at radius 1 is 1.12 bits per heavy atom. The van der Waals surface area contributed by atoms with Gasteiger partial charge >= 0.3 is 0 Å². The number of fused-ring (bicyclic) bond motifs is 1. The maximum atomic E-state index is 12.5. The Balaban J connectivity index is 1.71. The van der Waals surface area contributed by atoms with Crippen LogP contribution in [-0.2, 0) is 24.1 Å². The zero-order chi connectivity index (χ0) is 16.9. The van der Waals surface area contributed by atoms with Gasteiger partial charge in [0, 0.05) is 5.69 Å². The van der Waals surface area contributed by atoms with E-state index in [1.807, 2.05) is 43.3 Å². The lowest BCUT2D eigenvalue weighted by Crippen LogP contribution is -2.31. The van der Waals surface area contributed by atoms with E-state index in [0.29, 0.717) is 0 Å². The van der Waals surface area contributed by atoms with Crippen molar-refractivity contribution in [2.24, 2.45) is 0 Å². The predicted molar refractivity (Wildman–Crippen MR) is 97.6 cm³/mol. The number of ether oxygens (including phenoxy) is 1. The van der Waals surface area contributed by atoms with Crippen LogP contribution in [-0.4, -0.2) is 12.0 Å². The molecule has 1 N–H and O–H groups in total. The lowest BCUT2D eigenvalue weighted by atomic mass is 9.91. The fourth-order valence-corrected chi connectivity index (χ4v) is 3.29. The first-order valence-electron chi connectivity index (χ1n) is 8.85. The van der Waals surface area contributed by atoms with E-state index in [4.69, 9.17) is 4.74 Å². The maximum Gasteiger partial charge on any atom is 0.265 e. The van der Waals surface area contributed by atoms with Crippen molar-refractivity contribution in [3.8, 4) is 5.75 Å². The normalized spacial score (nSPS) is 14.6. The second-order valence-electron chi connectivity index (χ2n) is 6.36. The number of nitrogens with one attached hydrogen (secondary N) is 1. The van der Waals surface area contributed by atoms with Crippen LogP contribution in [0.25, 0.3) is 0 Å². The molecule has 0 spiro atoms. The number of aryl methyl sites for hydroxylation is 2. The third-order valence-corrected chi connectivity index (χ3v) is 4.68. The van der Waals surface area contributed by atoms with Gasteiger partial charge < -0.3 is 10.1 Å². The van der Waals surface area contributed by atoms with Gasteiger partial charge in [0.2, 0.25) is 0 Å². The Bertz CT molecular complexity index is 724. The number of para-hydroxylation sites is 1. The molecule has 2 aromatic carbocycles. The van der Waals surface area contributed by atoms with E-state index in [1.54, 1.807) is 0 Å². The van der Waals surface area contributed by atoms with Gasteiger partial charge in [-0.05, 0) is 67.9 Å². The summed E-state index contributed by atoms with van der Waals surface area (Å²) in [5.74, 6) is 0.753. The van der Waals surface area contributed by atoms with Crippen LogP contribution in [0.15, 0.2) is 42.5 Å². The van der Waals surface area contributed by atoms with Crippen LogP contribution in [0.3, 0.4) is 0 Å². The topological polar surface area (TPSA) is 38.3 Å². The monoisotopic (exact) mass is 323 g/mol. The minimum absolute atomic E-state index is 0.107. The van der Waals surface area contributed by atoms with Crippen molar-refractivity contribution in [1.29, 1.82) is 0 Å². The van der Waals surface area contributed by atoms with Crippen molar-refractivity contribution in [3.05, 3.63) is 59.2 Å². The van der Waals surface area contributed by atoms with Gasteiger partial charge in [-0.3, -0.25) is 4.79 Å². The van der Waals surface area contributed by atoms with Gasteiger partial charge in [-0.1, -0.05) is 37.3 Å². The predicted octanol–water partition coefficient (Wildman–Crippen LogP) is 4.53. The third-order valence-electron chi connectivity index (χ3n) is 4.68. The maximum absolute atomic E-state index is 12.5. The molecule has 1 aliphatic rings. The van der Waals surface area contributed by atoms with E-state index in [9.17, 15) is 4.79 Å². The summed E-state index contributed by atoms with van der Waals surface area (Å²) < 4.78 is 6.01. The molecule has 2 aromatic rings. The second-order valence-corrected chi connectivity index (χ2v) is 6.36. The highest BCUT2D eigenvalue weighted by atomic mass is 16.5. The van der Waals surface area contributed by atoms with Gasteiger partial charge in [-0.2, -0.15) is 0 Å². The summed E-state index contributed by atoms with van der Waals surface area (Å²) in [5.41, 5.74) is 4.64. The van der Waals surface area contributed by atoms with Gasteiger partial charge in [-0.15, -0.1) is 0 Å². The van der Waals surface area contributed by atoms with Gasteiger partial charge in [0.25, 0.3) is 5.91 Å². The van der Waals surface area contributed by atoms with Gasteiger partial charge in [-0.25, -0.2) is 0 Å². The molecule has 3 nitrogen and oxygen atoms in total. The van der Waals surface area contributed by atoms with Crippen molar-refractivity contribution in [2.45, 2.75) is 52.1 Å². The number of carbonyl (C=O) groups excluding carboxylic acids is 1. The van der Waals surface area contributed by atoms with Crippen molar-refractivity contribution in [3.63, 3.8) is 0 Å². The van der Waals surface area contributed by atoms with E-state index in [2.05, 4.69) is 18.3 Å². The fourth-order valence-electron chi connectivity index (χ4n) is 3.29. The molecule has 0 aliphatic heterocycles. The largest absolute Gasteiger partial charge is 0.481 e. The number of hydrogen-bond donors (Lipinski definition) is 1. The highest BCUT2D eigenvalue weighted by Gasteiger charge is 2.20. The molecule has 0 heterocycles. The standard InChI is InChI=1S/C21H25NO2/c1-3-16-9-5-7-13-19(16)22-21(23)15(2)24-20-14-8-11-17-10-4-6-12-18(17)20/h5,7-9,11,13-15H,3-4,6,10,12H2,1-2H3,(H,22,23)/t15-/m0/s1. The zero-order valence-electron chi connectivity index (χ0n) is 14.5. The van der Waals surface area contributed by atoms with Crippen LogP contribution in [0.1, 0.15) is 43.4 Å². The summed E-state index contributed by atoms with van der Waals surface area (Å²) in [5, 5.41) is 3.00. The SMILES string of the molecule is CCc1ccccc1NC(=O)[C@H](C)Oc1cccc2c1CCCC2. The van der Waals surface area contributed by atoms with Gasteiger partial charge in [0.05, 0.1) is 0 Å². The second kappa shape index (κ2) is 7.52. The summed E-state index contributed by atoms with van der Waals surface area (Å²) in [4.78, 5) is 12.5. The quantitative estimate of drug-likeness (QED) is 0.877. The average molecular weight is 323 g/mol. The van der Waals surface area contributed by atoms with Crippen molar-refractivity contribution < 1.29 is 9.53 Å². The van der Waals surface area contributed by atoms with E-state index in [0.717, 1.165) is 36.3 Å². The molecular formula is C21H25NO2. The number of benzene rings is 2. The first-order chi connectivity index (χ1) is 11.7. The summed E-state index contributed by atoms with van der Waals surface area (Å²) in [6.07, 6.45) is 4.94. The van der Waals surface area contributed by atoms with Crippen molar-refractivity contribution in [2.75, 3.05) is 5.32 Å². The van der Waals surface area contributed by atoms with Crippen molar-refractivity contribution >= 4 is 11.6 Å². The minimum Gasteiger partial charge on any atom is -0.481 e. The Labute approximate surface area is 144 Å². The molecule has 126 valence electrons. The van der Waals surface area contributed by atoms with E-state index in [-0.39, 0.29) is 5.91 Å². The third kappa shape index (κ3) is 3.61. The highest BCUT2D eigenvalue weighted by Crippen LogP contribution is 2.30. The van der Waals surface area contributed by atoms with E-state index >= 15 is 0 Å². The molecule has 0 saturated heterocycles. The molecule has 3 heteroatoms. The molecule has 0 unspecified atom stereocenters. The highest BCUT2D eigenvalue weighted by molar-refractivity contribution is 5.94. The molecule has 0 bridgehead atoms. The molecule has 3 rings (SSSR count). The Hall–Kier alpha value is -2.29. The van der Waals surface area contributed by atoms with Crippen LogP contribution < -0.4 is 10.1 Å². The molecule has 0 fully saturated rings. The van der Waals surface area contributed by atoms with Gasteiger partial charge in [0.1, 0.15) is 5.75 Å². The molecular weight excluding hydrogens is 298 g/mol. The summed E-state index contributed by atoms with van der Waals surface area (Å²) in [6, 6.07) is 14.1. The molecule has 1 amide bonds. The molecule has 24 heavy (non-hydrogen) atoms. The average Bonchev–Trinajstić information content (AvgIpc) is 2.62. The first-order valence-corrected chi connectivity index (χ1v) is 8.85. The summed E-state index contributed by atoms with van der Waals surface area (Å²) in [6.45, 7) is 3.90. The van der Waals surface area contributed by atoms with E-state index in [1.165, 1.54) is 24.0 Å². The molecule has 1 aliphatic carbocycles. The van der Waals surface area contributed by atoms with Crippen LogP contribution in [0.4, 0.5) is 5.69 Å².